The van der Waals surface area contributed by atoms with Gasteiger partial charge in [-0.3, -0.25) is 4.79 Å². The lowest BCUT2D eigenvalue weighted by molar-refractivity contribution is -0.118. The predicted octanol–water partition coefficient (Wildman–Crippen LogP) is 3.18. The zero-order valence-electron chi connectivity index (χ0n) is 10.9. The molecule has 1 aromatic carbocycles. The van der Waals surface area contributed by atoms with Crippen LogP contribution in [-0.2, 0) is 4.79 Å². The Labute approximate surface area is 118 Å². The number of nitrogens with zero attached hydrogens (tertiary/aromatic N) is 1. The van der Waals surface area contributed by atoms with Gasteiger partial charge in [0.15, 0.2) is 0 Å². The van der Waals surface area contributed by atoms with Crippen molar-refractivity contribution in [3.05, 3.63) is 24.3 Å². The molecule has 1 unspecified atom stereocenters. The number of benzene rings is 1. The summed E-state index contributed by atoms with van der Waals surface area (Å²) in [5.41, 5.74) is 0.680. The van der Waals surface area contributed by atoms with Gasteiger partial charge in [-0.05, 0) is 18.6 Å². The summed E-state index contributed by atoms with van der Waals surface area (Å²) in [5, 5.41) is 11.2. The van der Waals surface area contributed by atoms with E-state index in [4.69, 9.17) is 21.6 Å². The van der Waals surface area contributed by atoms with Crippen LogP contribution >= 0.6 is 11.6 Å². The Morgan fingerprint density at radius 2 is 2.37 bits per heavy atom. The minimum Gasteiger partial charge on any atom is -0.493 e. The molecule has 0 aliphatic rings. The molecule has 4 nitrogen and oxygen atoms in total. The monoisotopic (exact) mass is 280 g/mol. The lowest BCUT2D eigenvalue weighted by Crippen LogP contribution is -2.21. The number of hydrogen-bond acceptors (Lipinski definition) is 3. The molecule has 0 spiro atoms. The minimum atomic E-state index is -0.234. The number of nitriles is 1. The van der Waals surface area contributed by atoms with Gasteiger partial charge >= 0.3 is 0 Å². The Morgan fingerprint density at radius 3 is 3.05 bits per heavy atom. The number of hydrogen-bond donors (Lipinski definition) is 1. The molecule has 0 aliphatic heterocycles. The van der Waals surface area contributed by atoms with Crippen molar-refractivity contribution >= 4 is 23.2 Å². The van der Waals surface area contributed by atoms with Crippen LogP contribution < -0.4 is 10.1 Å². The Balaban J connectivity index is 2.52. The molecule has 0 saturated heterocycles. The van der Waals surface area contributed by atoms with Crippen molar-refractivity contribution < 1.29 is 9.53 Å². The number of ether oxygens (including phenoxy) is 1. The smallest absolute Gasteiger partial charge is 0.228 e. The molecular weight excluding hydrogens is 264 g/mol. The first-order valence-electron chi connectivity index (χ1n) is 6.14. The highest BCUT2D eigenvalue weighted by Crippen LogP contribution is 2.18. The summed E-state index contributed by atoms with van der Waals surface area (Å²) in [5.74, 6) is 0.615. The van der Waals surface area contributed by atoms with E-state index in [9.17, 15) is 4.79 Å². The van der Waals surface area contributed by atoms with Crippen LogP contribution in [0.25, 0.3) is 0 Å². The van der Waals surface area contributed by atoms with Gasteiger partial charge in [-0.1, -0.05) is 13.0 Å². The number of carbonyl (C=O) groups is 1. The van der Waals surface area contributed by atoms with E-state index < -0.39 is 0 Å². The van der Waals surface area contributed by atoms with Crippen LogP contribution in [0.5, 0.6) is 5.75 Å². The average molecular weight is 281 g/mol. The van der Waals surface area contributed by atoms with Gasteiger partial charge in [0.25, 0.3) is 0 Å². The fraction of sp³-hybridized carbons (Fsp3) is 0.429. The number of alkyl halides is 1. The Kier molecular flexibility index (Phi) is 6.76. The van der Waals surface area contributed by atoms with Gasteiger partial charge < -0.3 is 10.1 Å². The van der Waals surface area contributed by atoms with Crippen molar-refractivity contribution in [1.29, 1.82) is 5.26 Å². The number of rotatable bonds is 7. The highest BCUT2D eigenvalue weighted by Gasteiger charge is 2.11. The minimum absolute atomic E-state index is 0.114. The summed E-state index contributed by atoms with van der Waals surface area (Å²) in [6, 6.07) is 9.23. The van der Waals surface area contributed by atoms with Crippen molar-refractivity contribution in [1.82, 2.24) is 0 Å². The van der Waals surface area contributed by atoms with Crippen LogP contribution in [0.2, 0.25) is 0 Å². The van der Waals surface area contributed by atoms with Gasteiger partial charge in [0, 0.05) is 30.0 Å². The van der Waals surface area contributed by atoms with Crippen LogP contribution in [0.3, 0.4) is 0 Å². The molecule has 102 valence electrons. The number of anilines is 1. The van der Waals surface area contributed by atoms with E-state index >= 15 is 0 Å². The molecule has 1 amide bonds. The fourth-order valence-electron chi connectivity index (χ4n) is 1.34. The average Bonchev–Trinajstić information content (AvgIpc) is 2.43. The summed E-state index contributed by atoms with van der Waals surface area (Å²) in [6.45, 7) is 2.26. The first-order chi connectivity index (χ1) is 9.17. The van der Waals surface area contributed by atoms with Gasteiger partial charge in [-0.25, -0.2) is 0 Å². The second-order valence-electron chi connectivity index (χ2n) is 4.18. The highest BCUT2D eigenvalue weighted by atomic mass is 35.5. The molecule has 5 heteroatoms. The van der Waals surface area contributed by atoms with Crippen molar-refractivity contribution in [2.45, 2.75) is 19.8 Å². The maximum atomic E-state index is 11.7. The Morgan fingerprint density at radius 1 is 1.58 bits per heavy atom. The van der Waals surface area contributed by atoms with E-state index in [1.807, 2.05) is 6.07 Å². The van der Waals surface area contributed by atoms with Crippen LogP contribution in [0, 0.1) is 17.2 Å². The quantitative estimate of drug-likeness (QED) is 0.616. The second-order valence-corrected chi connectivity index (χ2v) is 4.49. The normalized spacial score (nSPS) is 11.4. The highest BCUT2D eigenvalue weighted by molar-refractivity contribution is 6.19. The molecule has 0 fully saturated rings. The molecule has 0 radical (unpaired) electrons. The number of nitrogens with one attached hydrogen (secondary N) is 1. The maximum absolute atomic E-state index is 11.7. The zero-order valence-corrected chi connectivity index (χ0v) is 11.6. The summed E-state index contributed by atoms with van der Waals surface area (Å²) < 4.78 is 5.49. The van der Waals surface area contributed by atoms with Crippen LogP contribution in [0.4, 0.5) is 5.69 Å². The molecule has 1 aromatic rings. The van der Waals surface area contributed by atoms with E-state index in [2.05, 4.69) is 11.4 Å². The van der Waals surface area contributed by atoms with Gasteiger partial charge in [0.2, 0.25) is 5.91 Å². The van der Waals surface area contributed by atoms with E-state index in [0.717, 1.165) is 0 Å². The SMILES string of the molecule is CC(CCl)C(=O)Nc1cccc(OCCCC#N)c1. The lowest BCUT2D eigenvalue weighted by Gasteiger charge is -2.11. The molecule has 0 heterocycles. The van der Waals surface area contributed by atoms with Gasteiger partial charge in [0.1, 0.15) is 5.75 Å². The Hall–Kier alpha value is -1.73. The van der Waals surface area contributed by atoms with Crippen LogP contribution in [-0.4, -0.2) is 18.4 Å². The summed E-state index contributed by atoms with van der Waals surface area (Å²) in [7, 11) is 0. The van der Waals surface area contributed by atoms with Crippen molar-refractivity contribution in [3.63, 3.8) is 0 Å². The second kappa shape index (κ2) is 8.39. The summed E-state index contributed by atoms with van der Waals surface area (Å²) >= 11 is 5.63. The van der Waals surface area contributed by atoms with Crippen molar-refractivity contribution in [2.75, 3.05) is 17.8 Å². The van der Waals surface area contributed by atoms with Gasteiger partial charge in [0.05, 0.1) is 12.7 Å². The lowest BCUT2D eigenvalue weighted by atomic mass is 10.2. The third-order valence-corrected chi connectivity index (χ3v) is 2.95. The van der Waals surface area contributed by atoms with Crippen molar-refractivity contribution in [3.8, 4) is 11.8 Å². The first kappa shape index (κ1) is 15.3. The molecule has 0 aliphatic carbocycles. The third-order valence-electron chi connectivity index (χ3n) is 2.48. The standard InChI is InChI=1S/C14H17ClN2O2/c1-11(10-15)14(18)17-12-5-4-6-13(9-12)19-8-3-2-7-16/h4-6,9,11H,2-3,8,10H2,1H3,(H,17,18). The summed E-state index contributed by atoms with van der Waals surface area (Å²) in [6.07, 6.45) is 1.17. The van der Waals surface area contributed by atoms with Crippen LogP contribution in [0.15, 0.2) is 24.3 Å². The topological polar surface area (TPSA) is 62.1 Å². The number of carbonyl (C=O) groups excluding carboxylic acids is 1. The van der Waals surface area contributed by atoms with E-state index in [0.29, 0.717) is 30.9 Å². The number of unbranched alkanes of at least 4 members (excludes halogenated alkanes) is 1. The third kappa shape index (κ3) is 5.62. The van der Waals surface area contributed by atoms with E-state index in [-0.39, 0.29) is 17.7 Å². The molecule has 1 rings (SSSR count). The first-order valence-corrected chi connectivity index (χ1v) is 6.67. The van der Waals surface area contributed by atoms with Crippen LogP contribution in [0.1, 0.15) is 19.8 Å². The molecule has 0 aromatic heterocycles. The van der Waals surface area contributed by atoms with E-state index in [1.54, 1.807) is 25.1 Å². The number of amides is 1. The molecule has 1 atom stereocenters. The molecule has 0 bridgehead atoms. The number of halogens is 1. The van der Waals surface area contributed by atoms with Gasteiger partial charge in [-0.15, -0.1) is 11.6 Å². The van der Waals surface area contributed by atoms with E-state index in [1.165, 1.54) is 0 Å². The molecule has 1 N–H and O–H groups in total. The largest absolute Gasteiger partial charge is 0.493 e. The molecule has 19 heavy (non-hydrogen) atoms. The van der Waals surface area contributed by atoms with Gasteiger partial charge in [-0.2, -0.15) is 5.26 Å². The maximum Gasteiger partial charge on any atom is 0.228 e. The zero-order chi connectivity index (χ0) is 14.1. The summed E-state index contributed by atoms with van der Waals surface area (Å²) in [4.78, 5) is 11.7. The predicted molar refractivity (Wildman–Crippen MR) is 75.3 cm³/mol. The fourth-order valence-corrected chi connectivity index (χ4v) is 1.48. The molecular formula is C14H17ClN2O2. The molecule has 0 saturated carbocycles. The Bertz CT molecular complexity index is 457. The van der Waals surface area contributed by atoms with Crippen molar-refractivity contribution in [2.24, 2.45) is 5.92 Å².